The maximum Gasteiger partial charge on any atom is 0.397 e. The highest BCUT2D eigenvalue weighted by Crippen LogP contribution is 2.36. The minimum absolute atomic E-state index is 0. The summed E-state index contributed by atoms with van der Waals surface area (Å²) in [7, 11) is -5.05. The molecule has 0 aromatic heterocycles. The van der Waals surface area contributed by atoms with E-state index in [-0.39, 0.29) is 17.4 Å². The molecule has 2 aliphatic rings. The van der Waals surface area contributed by atoms with Crippen LogP contribution < -0.4 is 0 Å². The third kappa shape index (κ3) is 5.37. The number of aliphatic hydroxyl groups is 7. The van der Waals surface area contributed by atoms with E-state index in [4.69, 9.17) is 23.9 Å². The fourth-order valence-electron chi connectivity index (χ4n) is 2.77. The quantitative estimate of drug-likeness (QED) is 0.134. The van der Waals surface area contributed by atoms with Crippen molar-refractivity contribution in [2.75, 3.05) is 19.8 Å². The van der Waals surface area contributed by atoms with Crippen LogP contribution >= 0.6 is 0 Å². The third-order valence-corrected chi connectivity index (χ3v) is 4.67. The summed E-state index contributed by atoms with van der Waals surface area (Å²) in [6.45, 7) is -2.87. The predicted molar refractivity (Wildman–Crippen MR) is 84.8 cm³/mol. The molecule has 0 saturated carbocycles. The summed E-state index contributed by atoms with van der Waals surface area (Å²) in [6, 6.07) is 0. The summed E-state index contributed by atoms with van der Waals surface area (Å²) in [5, 5.41) is 68.0. The van der Waals surface area contributed by atoms with Gasteiger partial charge in [0.05, 0.1) is 13.2 Å². The molecule has 0 amide bonds. The number of ether oxygens (including phenoxy) is 3. The van der Waals surface area contributed by atoms with E-state index in [1.165, 1.54) is 0 Å². The number of hydrogen-bond donors (Lipinski definition) is 8. The number of rotatable bonds is 7. The molecule has 9 atom stereocenters. The van der Waals surface area contributed by atoms with Gasteiger partial charge in [-0.25, -0.2) is 4.18 Å². The van der Waals surface area contributed by atoms with Crippen molar-refractivity contribution in [3.8, 4) is 0 Å². The molecule has 0 aromatic rings. The van der Waals surface area contributed by atoms with Gasteiger partial charge < -0.3 is 50.0 Å². The first-order valence-electron chi connectivity index (χ1n) is 7.70. The molecular weight excluding hydrogens is 427 g/mol. The molecular formula is C12H22AlO14S. The molecule has 2 fully saturated rings. The van der Waals surface area contributed by atoms with E-state index in [2.05, 4.69) is 4.18 Å². The lowest BCUT2D eigenvalue weighted by molar-refractivity contribution is -0.382. The Bertz CT molecular complexity index is 603. The zero-order valence-electron chi connectivity index (χ0n) is 14.3. The van der Waals surface area contributed by atoms with Crippen LogP contribution in [0.3, 0.4) is 0 Å². The first kappa shape index (κ1) is 26.0. The highest BCUT2D eigenvalue weighted by atomic mass is 32.3. The fourth-order valence-corrected chi connectivity index (χ4v) is 3.09. The van der Waals surface area contributed by atoms with Gasteiger partial charge in [0.2, 0.25) is 5.79 Å². The van der Waals surface area contributed by atoms with Crippen LogP contribution in [0.15, 0.2) is 0 Å². The Morgan fingerprint density at radius 3 is 1.93 bits per heavy atom. The second kappa shape index (κ2) is 9.87. The summed E-state index contributed by atoms with van der Waals surface area (Å²) >= 11 is 0. The van der Waals surface area contributed by atoms with Crippen LogP contribution in [0.4, 0.5) is 0 Å². The Morgan fingerprint density at radius 1 is 0.893 bits per heavy atom. The molecule has 2 saturated heterocycles. The molecule has 14 nitrogen and oxygen atoms in total. The van der Waals surface area contributed by atoms with Gasteiger partial charge in [0.1, 0.15) is 49.3 Å². The summed E-state index contributed by atoms with van der Waals surface area (Å²) < 4.78 is 50.0. The first-order chi connectivity index (χ1) is 12.5. The van der Waals surface area contributed by atoms with Gasteiger partial charge in [-0.1, -0.05) is 0 Å². The average Bonchev–Trinajstić information content (AvgIpc) is 2.85. The van der Waals surface area contributed by atoms with E-state index in [1.807, 2.05) is 0 Å². The highest BCUT2D eigenvalue weighted by molar-refractivity contribution is 7.80. The Morgan fingerprint density at radius 2 is 1.46 bits per heavy atom. The van der Waals surface area contributed by atoms with Gasteiger partial charge in [-0.15, -0.1) is 0 Å². The van der Waals surface area contributed by atoms with Gasteiger partial charge >= 0.3 is 10.4 Å². The number of aliphatic hydroxyl groups excluding tert-OH is 7. The van der Waals surface area contributed by atoms with Crippen LogP contribution in [-0.2, 0) is 28.8 Å². The lowest BCUT2D eigenvalue weighted by Crippen LogP contribution is -2.62. The summed E-state index contributed by atoms with van der Waals surface area (Å²) in [5.74, 6) is -2.57. The molecule has 16 heteroatoms. The topological polar surface area (TPSA) is 233 Å². The van der Waals surface area contributed by atoms with E-state index in [0.29, 0.717) is 0 Å². The van der Waals surface area contributed by atoms with Crippen LogP contribution in [0, 0.1) is 0 Å². The Balaban J connectivity index is 0.00000392. The van der Waals surface area contributed by atoms with E-state index in [1.54, 1.807) is 0 Å². The fraction of sp³-hybridized carbons (Fsp3) is 1.00. The molecule has 2 rings (SSSR count). The zero-order valence-corrected chi connectivity index (χ0v) is 16.2. The lowest BCUT2D eigenvalue weighted by atomic mass is 9.99. The van der Waals surface area contributed by atoms with Crippen molar-refractivity contribution >= 4 is 27.8 Å². The standard InChI is InChI=1S/C12H22O14S.Al/c13-1-4-6(15)8(17)9(18)11(24-4)26-12(3-23-27(20,21)22)10(19)7(16)5(2-14)25-12;/h4-11,13-19H,1-3H2,(H,20,21,22);/t4-,5-,6-,7-,8+,9-,10+,11-,12+;/m1./s1. The Labute approximate surface area is 169 Å². The Kier molecular flexibility index (Phi) is 9.18. The monoisotopic (exact) mass is 449 g/mol. The number of hydrogen-bond acceptors (Lipinski definition) is 13. The van der Waals surface area contributed by atoms with E-state index in [0.717, 1.165) is 0 Å². The van der Waals surface area contributed by atoms with E-state index in [9.17, 15) is 39.1 Å². The predicted octanol–water partition coefficient (Wildman–Crippen LogP) is -5.95. The van der Waals surface area contributed by atoms with Crippen LogP contribution in [0.1, 0.15) is 0 Å². The SMILES string of the molecule is O=S(=O)(O)OC[C@@]1(O[C@H]2O[C@H](CO)[C@@H](O)[C@H](O)[C@H]2O)O[C@H](CO)[C@@H](O)[C@@H]1O.[Al]. The summed E-state index contributed by atoms with van der Waals surface area (Å²) in [6.07, 6.45) is -14.1. The molecule has 0 aliphatic carbocycles. The molecule has 2 heterocycles. The summed E-state index contributed by atoms with van der Waals surface area (Å²) in [4.78, 5) is 0. The molecule has 0 aromatic carbocycles. The highest BCUT2D eigenvalue weighted by Gasteiger charge is 2.59. The van der Waals surface area contributed by atoms with Crippen LogP contribution in [0.25, 0.3) is 0 Å². The van der Waals surface area contributed by atoms with Crippen molar-refractivity contribution in [1.82, 2.24) is 0 Å². The first-order valence-corrected chi connectivity index (χ1v) is 9.07. The van der Waals surface area contributed by atoms with Gasteiger partial charge in [0.25, 0.3) is 0 Å². The van der Waals surface area contributed by atoms with Crippen molar-refractivity contribution in [1.29, 1.82) is 0 Å². The average molecular weight is 449 g/mol. The molecule has 163 valence electrons. The molecule has 0 spiro atoms. The molecule has 8 N–H and O–H groups in total. The largest absolute Gasteiger partial charge is 0.397 e. The minimum atomic E-state index is -5.05. The van der Waals surface area contributed by atoms with Gasteiger partial charge in [0, 0.05) is 17.4 Å². The van der Waals surface area contributed by atoms with E-state index < -0.39 is 85.0 Å². The summed E-state index contributed by atoms with van der Waals surface area (Å²) in [5.41, 5.74) is 0. The molecule has 3 radical (unpaired) electrons. The van der Waals surface area contributed by atoms with Gasteiger partial charge in [-0.3, -0.25) is 4.55 Å². The normalized spacial score (nSPS) is 44.3. The Hall–Kier alpha value is 0.00247. The van der Waals surface area contributed by atoms with Crippen molar-refractivity contribution < 1.29 is 67.1 Å². The van der Waals surface area contributed by atoms with Crippen LogP contribution in [0.5, 0.6) is 0 Å². The van der Waals surface area contributed by atoms with Crippen molar-refractivity contribution in [2.24, 2.45) is 0 Å². The lowest BCUT2D eigenvalue weighted by Gasteiger charge is -2.43. The molecule has 0 bridgehead atoms. The zero-order chi connectivity index (χ0) is 20.6. The minimum Gasteiger partial charge on any atom is -0.394 e. The second-order valence-electron chi connectivity index (χ2n) is 6.09. The maximum atomic E-state index is 10.9. The van der Waals surface area contributed by atoms with Crippen LogP contribution in [-0.4, -0.2) is 141 Å². The third-order valence-electron chi connectivity index (χ3n) is 4.26. The second-order valence-corrected chi connectivity index (χ2v) is 7.18. The molecule has 28 heavy (non-hydrogen) atoms. The van der Waals surface area contributed by atoms with Crippen molar-refractivity contribution in [3.05, 3.63) is 0 Å². The maximum absolute atomic E-state index is 10.9. The molecule has 0 unspecified atom stereocenters. The van der Waals surface area contributed by atoms with Crippen LogP contribution in [0.2, 0.25) is 0 Å². The van der Waals surface area contributed by atoms with E-state index >= 15 is 0 Å². The van der Waals surface area contributed by atoms with Crippen molar-refractivity contribution in [3.63, 3.8) is 0 Å². The van der Waals surface area contributed by atoms with Gasteiger partial charge in [-0.2, -0.15) is 8.42 Å². The van der Waals surface area contributed by atoms with Gasteiger partial charge in [-0.05, 0) is 0 Å². The molecule has 2 aliphatic heterocycles. The van der Waals surface area contributed by atoms with Gasteiger partial charge in [0.15, 0.2) is 6.29 Å². The smallest absolute Gasteiger partial charge is 0.394 e. The van der Waals surface area contributed by atoms with Crippen molar-refractivity contribution in [2.45, 2.75) is 54.8 Å².